The molecule has 1 fully saturated rings. The molecule has 3 nitrogen and oxygen atoms in total. The van der Waals surface area contributed by atoms with Crippen molar-refractivity contribution in [3.8, 4) is 0 Å². The molecule has 1 rings (SSSR count). The van der Waals surface area contributed by atoms with Crippen LogP contribution in [0.2, 0.25) is 0 Å². The lowest BCUT2D eigenvalue weighted by Crippen LogP contribution is -2.54. The van der Waals surface area contributed by atoms with Gasteiger partial charge in [0.1, 0.15) is 0 Å². The second-order valence-corrected chi connectivity index (χ2v) is 4.75. The number of amides is 1. The first-order chi connectivity index (χ1) is 6.47. The van der Waals surface area contributed by atoms with Gasteiger partial charge in [0.15, 0.2) is 0 Å². The van der Waals surface area contributed by atoms with Crippen molar-refractivity contribution in [2.45, 2.75) is 45.6 Å². The standard InChI is InChI=1S/C11H22N2O/c1-4-11(3,12)10(14)13-7-5-9(2)6-8-13/h9H,4-8,12H2,1-3H3. The van der Waals surface area contributed by atoms with Crippen molar-refractivity contribution in [2.24, 2.45) is 11.7 Å². The van der Waals surface area contributed by atoms with Gasteiger partial charge in [0.2, 0.25) is 5.91 Å². The molecular formula is C11H22N2O. The molecule has 1 unspecified atom stereocenters. The summed E-state index contributed by atoms with van der Waals surface area (Å²) in [6.45, 7) is 7.79. The van der Waals surface area contributed by atoms with Crippen LogP contribution in [-0.2, 0) is 4.79 Å². The van der Waals surface area contributed by atoms with E-state index in [1.54, 1.807) is 0 Å². The number of rotatable bonds is 2. The number of nitrogens with zero attached hydrogens (tertiary/aromatic N) is 1. The predicted molar refractivity (Wildman–Crippen MR) is 57.9 cm³/mol. The fourth-order valence-electron chi connectivity index (χ4n) is 1.72. The Labute approximate surface area is 86.6 Å². The zero-order chi connectivity index (χ0) is 10.8. The van der Waals surface area contributed by atoms with Crippen LogP contribution in [-0.4, -0.2) is 29.4 Å². The zero-order valence-electron chi connectivity index (χ0n) is 9.55. The van der Waals surface area contributed by atoms with Gasteiger partial charge in [-0.2, -0.15) is 0 Å². The summed E-state index contributed by atoms with van der Waals surface area (Å²) in [7, 11) is 0. The maximum absolute atomic E-state index is 12.0. The van der Waals surface area contributed by atoms with Crippen LogP contribution < -0.4 is 5.73 Å². The lowest BCUT2D eigenvalue weighted by Gasteiger charge is -2.35. The second-order valence-electron chi connectivity index (χ2n) is 4.75. The maximum atomic E-state index is 12.0. The normalized spacial score (nSPS) is 23.3. The third-order valence-electron chi connectivity index (χ3n) is 3.29. The van der Waals surface area contributed by atoms with Crippen molar-refractivity contribution in [2.75, 3.05) is 13.1 Å². The lowest BCUT2D eigenvalue weighted by atomic mass is 9.94. The van der Waals surface area contributed by atoms with Crippen molar-refractivity contribution in [3.05, 3.63) is 0 Å². The summed E-state index contributed by atoms with van der Waals surface area (Å²) < 4.78 is 0. The first-order valence-electron chi connectivity index (χ1n) is 5.55. The van der Waals surface area contributed by atoms with Gasteiger partial charge in [0.25, 0.3) is 0 Å². The van der Waals surface area contributed by atoms with Crippen LogP contribution in [0.3, 0.4) is 0 Å². The highest BCUT2D eigenvalue weighted by Gasteiger charge is 2.32. The van der Waals surface area contributed by atoms with Crippen LogP contribution in [0.15, 0.2) is 0 Å². The Morgan fingerprint density at radius 1 is 1.50 bits per heavy atom. The van der Waals surface area contributed by atoms with E-state index < -0.39 is 5.54 Å². The van der Waals surface area contributed by atoms with Crippen molar-refractivity contribution >= 4 is 5.91 Å². The molecule has 0 saturated carbocycles. The molecule has 0 spiro atoms. The van der Waals surface area contributed by atoms with E-state index in [2.05, 4.69) is 6.92 Å². The Morgan fingerprint density at radius 2 is 2.00 bits per heavy atom. The monoisotopic (exact) mass is 198 g/mol. The molecule has 2 N–H and O–H groups in total. The van der Waals surface area contributed by atoms with Crippen LogP contribution in [0.1, 0.15) is 40.0 Å². The third kappa shape index (κ3) is 2.47. The maximum Gasteiger partial charge on any atom is 0.242 e. The van der Waals surface area contributed by atoms with Gasteiger partial charge < -0.3 is 10.6 Å². The Morgan fingerprint density at radius 3 is 2.43 bits per heavy atom. The van der Waals surface area contributed by atoms with E-state index in [4.69, 9.17) is 5.73 Å². The topological polar surface area (TPSA) is 46.3 Å². The molecule has 1 aliphatic rings. The molecule has 1 heterocycles. The smallest absolute Gasteiger partial charge is 0.242 e. The average Bonchev–Trinajstić information content (AvgIpc) is 2.18. The molecule has 0 aromatic carbocycles. The highest BCUT2D eigenvalue weighted by molar-refractivity contribution is 5.85. The first-order valence-corrected chi connectivity index (χ1v) is 5.55. The highest BCUT2D eigenvalue weighted by Crippen LogP contribution is 2.19. The minimum Gasteiger partial charge on any atom is -0.341 e. The molecule has 0 bridgehead atoms. The molecule has 82 valence electrons. The summed E-state index contributed by atoms with van der Waals surface area (Å²) in [6.07, 6.45) is 2.94. The third-order valence-corrected chi connectivity index (χ3v) is 3.29. The summed E-state index contributed by atoms with van der Waals surface area (Å²) in [5.41, 5.74) is 5.27. The number of carbonyl (C=O) groups excluding carboxylic acids is 1. The van der Waals surface area contributed by atoms with E-state index in [0.29, 0.717) is 6.42 Å². The highest BCUT2D eigenvalue weighted by atomic mass is 16.2. The van der Waals surface area contributed by atoms with Gasteiger partial charge in [0, 0.05) is 13.1 Å². The SMILES string of the molecule is CCC(C)(N)C(=O)N1CCC(C)CC1. The van der Waals surface area contributed by atoms with Gasteiger partial charge in [-0.1, -0.05) is 13.8 Å². The van der Waals surface area contributed by atoms with Crippen molar-refractivity contribution in [1.82, 2.24) is 4.90 Å². The van der Waals surface area contributed by atoms with E-state index in [9.17, 15) is 4.79 Å². The van der Waals surface area contributed by atoms with E-state index in [-0.39, 0.29) is 5.91 Å². The van der Waals surface area contributed by atoms with Gasteiger partial charge in [-0.25, -0.2) is 0 Å². The first kappa shape index (κ1) is 11.5. The van der Waals surface area contributed by atoms with Crippen molar-refractivity contribution in [1.29, 1.82) is 0 Å². The van der Waals surface area contributed by atoms with Gasteiger partial charge >= 0.3 is 0 Å². The predicted octanol–water partition coefficient (Wildman–Crippen LogP) is 1.37. The number of piperidine rings is 1. The van der Waals surface area contributed by atoms with E-state index >= 15 is 0 Å². The molecule has 0 radical (unpaired) electrons. The molecule has 1 saturated heterocycles. The number of hydrogen-bond acceptors (Lipinski definition) is 2. The molecule has 1 aliphatic heterocycles. The fraction of sp³-hybridized carbons (Fsp3) is 0.909. The minimum atomic E-state index is -0.666. The summed E-state index contributed by atoms with van der Waals surface area (Å²) in [4.78, 5) is 13.9. The molecule has 1 amide bonds. The summed E-state index contributed by atoms with van der Waals surface area (Å²) in [5.74, 6) is 0.872. The number of hydrogen-bond donors (Lipinski definition) is 1. The molecule has 3 heteroatoms. The Kier molecular flexibility index (Phi) is 3.53. The van der Waals surface area contributed by atoms with Crippen LogP contribution in [0.4, 0.5) is 0 Å². The van der Waals surface area contributed by atoms with Crippen LogP contribution in [0, 0.1) is 5.92 Å². The summed E-state index contributed by atoms with van der Waals surface area (Å²) >= 11 is 0. The summed E-state index contributed by atoms with van der Waals surface area (Å²) in [5, 5.41) is 0. The van der Waals surface area contributed by atoms with Crippen molar-refractivity contribution in [3.63, 3.8) is 0 Å². The van der Waals surface area contributed by atoms with Crippen LogP contribution in [0.25, 0.3) is 0 Å². The van der Waals surface area contributed by atoms with Gasteiger partial charge in [-0.15, -0.1) is 0 Å². The molecule has 14 heavy (non-hydrogen) atoms. The van der Waals surface area contributed by atoms with Gasteiger partial charge in [-0.3, -0.25) is 4.79 Å². The second kappa shape index (κ2) is 4.30. The lowest BCUT2D eigenvalue weighted by molar-refractivity contribution is -0.137. The van der Waals surface area contributed by atoms with E-state index in [1.807, 2.05) is 18.7 Å². The van der Waals surface area contributed by atoms with Crippen LogP contribution in [0.5, 0.6) is 0 Å². The van der Waals surface area contributed by atoms with Gasteiger partial charge in [-0.05, 0) is 32.1 Å². The summed E-state index contributed by atoms with van der Waals surface area (Å²) in [6, 6.07) is 0. The largest absolute Gasteiger partial charge is 0.341 e. The molecule has 1 atom stereocenters. The Hall–Kier alpha value is -0.570. The molecule has 0 aromatic heterocycles. The molecule has 0 aliphatic carbocycles. The minimum absolute atomic E-state index is 0.118. The molecular weight excluding hydrogens is 176 g/mol. The van der Waals surface area contributed by atoms with Gasteiger partial charge in [0.05, 0.1) is 5.54 Å². The zero-order valence-corrected chi connectivity index (χ0v) is 9.55. The number of carbonyl (C=O) groups is 1. The molecule has 0 aromatic rings. The quantitative estimate of drug-likeness (QED) is 0.728. The fourth-order valence-corrected chi connectivity index (χ4v) is 1.72. The van der Waals surface area contributed by atoms with Crippen molar-refractivity contribution < 1.29 is 4.79 Å². The average molecular weight is 198 g/mol. The number of nitrogens with two attached hydrogens (primary N) is 1. The van der Waals surface area contributed by atoms with E-state index in [0.717, 1.165) is 31.8 Å². The van der Waals surface area contributed by atoms with E-state index in [1.165, 1.54) is 0 Å². The Balaban J connectivity index is 2.54. The van der Waals surface area contributed by atoms with Crippen LogP contribution >= 0.6 is 0 Å². The number of likely N-dealkylation sites (tertiary alicyclic amines) is 1. The Bertz CT molecular complexity index is 205.